The molecule has 2 amide bonds. The third-order valence-corrected chi connectivity index (χ3v) is 21.1. The topological polar surface area (TPSA) is 154 Å². The molecule has 2 unspecified atom stereocenters. The number of hydrogen-bond acceptors (Lipinski definition) is 13. The first-order valence-electron chi connectivity index (χ1n) is 22.3. The van der Waals surface area contributed by atoms with Crippen molar-refractivity contribution in [2.75, 3.05) is 40.4 Å². The molecule has 67 heavy (non-hydrogen) atoms. The molecule has 5 saturated heterocycles. The van der Waals surface area contributed by atoms with Crippen LogP contribution < -0.4 is 9.64 Å². The number of amides is 2. The monoisotopic (exact) mass is 985 g/mol. The number of methoxy groups -OCH3 is 5. The average molecular weight is 988 g/mol. The molecule has 0 radical (unpaired) electrons. The zero-order valence-electron chi connectivity index (χ0n) is 37.7. The minimum absolute atomic E-state index is 0.340. The largest absolute Gasteiger partial charge is 0.497 e. The van der Waals surface area contributed by atoms with Crippen LogP contribution in [0.25, 0.3) is 22.1 Å². The van der Waals surface area contributed by atoms with Gasteiger partial charge in [-0.15, -0.1) is 46.4 Å². The minimum atomic E-state index is -1.82. The van der Waals surface area contributed by atoms with Gasteiger partial charge >= 0.3 is 0 Å². The van der Waals surface area contributed by atoms with Crippen molar-refractivity contribution < 1.29 is 42.7 Å². The highest BCUT2D eigenvalue weighted by Gasteiger charge is 3.05. The number of aromatic nitrogens is 4. The molecule has 5 aliphatic heterocycles. The number of ether oxygens (including phenoxy) is 7. The maximum Gasteiger partial charge on any atom is 0.246 e. The van der Waals surface area contributed by atoms with Crippen LogP contribution in [0.1, 0.15) is 45.0 Å². The fourth-order valence-electron chi connectivity index (χ4n) is 16.0. The molecule has 14 atom stereocenters. The highest BCUT2D eigenvalue weighted by Crippen LogP contribution is 2.92. The van der Waals surface area contributed by atoms with Gasteiger partial charge in [0.25, 0.3) is 0 Å². The van der Waals surface area contributed by atoms with Crippen molar-refractivity contribution in [1.29, 1.82) is 0 Å². The van der Waals surface area contributed by atoms with Crippen molar-refractivity contribution in [3.05, 3.63) is 93.6 Å². The summed E-state index contributed by atoms with van der Waals surface area (Å²) in [6.07, 6.45) is -4.60. The summed E-state index contributed by atoms with van der Waals surface area (Å²) in [7, 11) is 7.51. The minimum Gasteiger partial charge on any atom is -0.497 e. The number of carbonyl (C=O) groups is 2. The van der Waals surface area contributed by atoms with E-state index in [0.717, 1.165) is 22.3 Å². The smallest absolute Gasteiger partial charge is 0.246 e. The summed E-state index contributed by atoms with van der Waals surface area (Å²) in [5.41, 5.74) is 4.58. The lowest BCUT2D eigenvalue weighted by Gasteiger charge is -2.54. The van der Waals surface area contributed by atoms with Gasteiger partial charge in [0.15, 0.2) is 0 Å². The Morgan fingerprint density at radius 3 is 1.03 bits per heavy atom. The van der Waals surface area contributed by atoms with E-state index in [0.29, 0.717) is 56.3 Å². The first-order chi connectivity index (χ1) is 31.9. The number of benzene rings is 3. The summed E-state index contributed by atoms with van der Waals surface area (Å²) in [6.45, 7) is 8.01. The van der Waals surface area contributed by atoms with Crippen LogP contribution in [0.5, 0.6) is 5.75 Å². The Kier molecular flexibility index (Phi) is 7.67. The Hall–Kier alpha value is -3.80. The van der Waals surface area contributed by atoms with Crippen molar-refractivity contribution in [3.63, 3.8) is 0 Å². The van der Waals surface area contributed by atoms with Crippen molar-refractivity contribution in [3.8, 4) is 5.75 Å². The maximum absolute atomic E-state index is 16.4. The van der Waals surface area contributed by atoms with Gasteiger partial charge in [0.1, 0.15) is 36.1 Å². The van der Waals surface area contributed by atoms with Gasteiger partial charge in [-0.05, 0) is 98.5 Å². The first kappa shape index (κ1) is 42.1. The maximum atomic E-state index is 16.4. The quantitative estimate of drug-likeness (QED) is 0.0991. The van der Waals surface area contributed by atoms with E-state index in [-0.39, 0.29) is 0 Å². The number of alkyl halides is 4. The number of anilines is 1. The molecule has 0 spiro atoms. The summed E-state index contributed by atoms with van der Waals surface area (Å²) in [5, 5.41) is 0. The first-order valence-corrected chi connectivity index (χ1v) is 23.8. The molecule has 3 aromatic carbocycles. The number of fused-ring (bicyclic) bond motifs is 26. The molecule has 0 N–H and O–H groups in total. The standard InChI is InChI=1S/C49H43Cl4N5O9/c1-18-14-24-25(15-19(18)2)55-33-32(54-24)44(50)28-29(45(33,51)48(44,62-6)63-7)37-43-39-31-30(38(67-39)42(43,36(28)66-37)40(59)58(41(43)60)22-10-12-23(61-5)13-11-22)46(52)34-35(47(31,53)49(46,64-8)65-9)57-27-17-21(4)20(3)16-26(27)56-34/h10-17,28-31,36-39H,1-9H3/t28-,29+,30+,31-,36-,37+,38+,39-,42?,43?,44+,45-,46-,47+. The molecule has 9 aliphatic rings. The second-order valence-electron chi connectivity index (χ2n) is 20.0. The molecule has 2 saturated carbocycles. The van der Waals surface area contributed by atoms with E-state index >= 15 is 9.59 Å². The van der Waals surface area contributed by atoms with Crippen LogP contribution in [0, 0.1) is 62.2 Å². The van der Waals surface area contributed by atoms with E-state index in [9.17, 15) is 0 Å². The SMILES string of the molecule is COc1ccc(N2C(=O)C34[C@@H]5O[C@@H]([C@@H]6[C@H]5[C@]5(Cl)c7nc8cc(C)c(C)cc8nc7[C@@]6(Cl)C5(OC)OC)C3(C2=O)[C@@H]2O[C@H]4[C@@H]3[C@H]2[C@]2(Cl)c4nc5cc(C)c(C)cc5nc4[C@@]3(Cl)C2(OC)OC)cc1. The summed E-state index contributed by atoms with van der Waals surface area (Å²) < 4.78 is 46.2. The molecule has 4 aliphatic carbocycles. The van der Waals surface area contributed by atoms with E-state index in [2.05, 4.69) is 0 Å². The van der Waals surface area contributed by atoms with E-state index in [1.165, 1.54) is 33.3 Å². The molecule has 5 aromatic rings. The highest BCUT2D eigenvalue weighted by atomic mass is 35.5. The van der Waals surface area contributed by atoms with Gasteiger partial charge in [-0.2, -0.15) is 0 Å². The van der Waals surface area contributed by atoms with Gasteiger partial charge < -0.3 is 33.2 Å². The lowest BCUT2D eigenvalue weighted by atomic mass is 9.42. The summed E-state index contributed by atoms with van der Waals surface area (Å²) in [6, 6.07) is 14.6. The third-order valence-electron chi connectivity index (χ3n) is 18.4. The second-order valence-corrected chi connectivity index (χ2v) is 22.4. The molecule has 7 heterocycles. The number of halogens is 4. The molecular formula is C49H43Cl4N5O9. The molecule has 14 nitrogen and oxygen atoms in total. The Morgan fingerprint density at radius 2 is 0.776 bits per heavy atom. The van der Waals surface area contributed by atoms with E-state index in [4.69, 9.17) is 99.5 Å². The van der Waals surface area contributed by atoms with Crippen molar-refractivity contribution in [2.24, 2.45) is 34.5 Å². The number of rotatable bonds is 6. The zero-order chi connectivity index (χ0) is 46.9. The van der Waals surface area contributed by atoms with Crippen LogP contribution in [0.3, 0.4) is 0 Å². The van der Waals surface area contributed by atoms with Crippen LogP contribution in [0.4, 0.5) is 5.69 Å². The van der Waals surface area contributed by atoms with Gasteiger partial charge in [-0.1, -0.05) is 0 Å². The lowest BCUT2D eigenvalue weighted by molar-refractivity contribution is -0.248. The predicted molar refractivity (Wildman–Crippen MR) is 243 cm³/mol. The molecule has 18 heteroatoms. The molecule has 346 valence electrons. The second kappa shape index (κ2) is 12.2. The van der Waals surface area contributed by atoms with E-state index in [1.807, 2.05) is 52.0 Å². The fraction of sp³-hybridized carbons (Fsp3) is 0.510. The fourth-order valence-corrected chi connectivity index (χ4v) is 18.8. The van der Waals surface area contributed by atoms with Crippen LogP contribution >= 0.6 is 46.4 Å². The number of hydrogen-bond donors (Lipinski definition) is 0. The van der Waals surface area contributed by atoms with Crippen molar-refractivity contribution >= 4 is 86.0 Å². The predicted octanol–water partition coefficient (Wildman–Crippen LogP) is 6.86. The van der Waals surface area contributed by atoms with Gasteiger partial charge in [-0.3, -0.25) is 9.59 Å². The number of carbonyl (C=O) groups excluding carboxylic acids is 2. The van der Waals surface area contributed by atoms with E-state index < -0.39 is 102 Å². The van der Waals surface area contributed by atoms with E-state index in [1.54, 1.807) is 31.4 Å². The van der Waals surface area contributed by atoms with Crippen molar-refractivity contribution in [1.82, 2.24) is 19.9 Å². The highest BCUT2D eigenvalue weighted by molar-refractivity contribution is 6.35. The average Bonchev–Trinajstić information content (AvgIpc) is 4.18. The van der Waals surface area contributed by atoms with Gasteiger partial charge in [0.05, 0.1) is 82.1 Å². The van der Waals surface area contributed by atoms with Crippen molar-refractivity contribution in [2.45, 2.75) is 83.2 Å². The molecule has 8 bridgehead atoms. The van der Waals surface area contributed by atoms with Gasteiger partial charge in [0, 0.05) is 52.1 Å². The zero-order valence-corrected chi connectivity index (χ0v) is 40.7. The van der Waals surface area contributed by atoms with Crippen LogP contribution in [0.15, 0.2) is 48.5 Å². The number of nitrogens with zero attached hydrogens (tertiary/aromatic N) is 5. The Bertz CT molecular complexity index is 2870. The summed E-state index contributed by atoms with van der Waals surface area (Å²) in [4.78, 5) is 48.2. The summed E-state index contributed by atoms with van der Waals surface area (Å²) in [5.74, 6) is -7.62. The Labute approximate surface area is 404 Å². The van der Waals surface area contributed by atoms with Gasteiger partial charge in [-0.25, -0.2) is 24.8 Å². The van der Waals surface area contributed by atoms with Crippen LogP contribution in [-0.4, -0.2) is 103 Å². The number of imide groups is 1. The Balaban J connectivity index is 1.06. The molecule has 7 fully saturated rings. The summed E-state index contributed by atoms with van der Waals surface area (Å²) >= 11 is 33.3. The van der Waals surface area contributed by atoms with Gasteiger partial charge in [0.2, 0.25) is 23.4 Å². The van der Waals surface area contributed by atoms with Crippen LogP contribution in [-0.2, 0) is 57.5 Å². The Morgan fingerprint density at radius 1 is 0.493 bits per heavy atom. The molecule has 14 rings (SSSR count). The molecular weight excluding hydrogens is 944 g/mol. The third kappa shape index (κ3) is 3.63. The van der Waals surface area contributed by atoms with Crippen LogP contribution in [0.2, 0.25) is 0 Å². The molecule has 2 aromatic heterocycles. The lowest BCUT2D eigenvalue weighted by Crippen LogP contribution is -2.70. The normalized spacial score (nSPS) is 42.0. The number of aryl methyl sites for hydroxylation is 4.